The van der Waals surface area contributed by atoms with Crippen LogP contribution in [0, 0.1) is 5.92 Å². The van der Waals surface area contributed by atoms with E-state index < -0.39 is 23.1 Å². The molecular weight excluding hydrogens is 324 g/mol. The fourth-order valence-electron chi connectivity index (χ4n) is 3.25. The highest BCUT2D eigenvalue weighted by Crippen LogP contribution is 2.52. The van der Waals surface area contributed by atoms with Crippen molar-refractivity contribution < 1.29 is 28.6 Å². The zero-order chi connectivity index (χ0) is 16.9. The van der Waals surface area contributed by atoms with Crippen molar-refractivity contribution in [1.82, 2.24) is 0 Å². The van der Waals surface area contributed by atoms with E-state index in [0.717, 1.165) is 0 Å². The van der Waals surface area contributed by atoms with Crippen LogP contribution in [0.2, 0.25) is 5.02 Å². The van der Waals surface area contributed by atoms with E-state index in [1.165, 1.54) is 20.3 Å². The lowest BCUT2D eigenvalue weighted by molar-refractivity contribution is -0.143. The van der Waals surface area contributed by atoms with Crippen LogP contribution in [0.3, 0.4) is 0 Å². The third-order valence-corrected chi connectivity index (χ3v) is 4.78. The van der Waals surface area contributed by atoms with E-state index in [9.17, 15) is 14.4 Å². The van der Waals surface area contributed by atoms with E-state index in [0.29, 0.717) is 0 Å². The van der Waals surface area contributed by atoms with Gasteiger partial charge in [-0.2, -0.15) is 0 Å². The van der Waals surface area contributed by atoms with Crippen molar-refractivity contribution >= 4 is 29.0 Å². The average molecular weight is 339 g/mol. The number of ether oxygens (including phenoxy) is 3. The second kappa shape index (κ2) is 5.23. The number of Topliss-reactive ketones (excluding diaryl/α,β-unsaturated/α-hetero) is 3. The first kappa shape index (κ1) is 15.8. The maximum Gasteiger partial charge on any atom is 0.232 e. The van der Waals surface area contributed by atoms with E-state index in [2.05, 4.69) is 0 Å². The molecule has 122 valence electrons. The summed E-state index contributed by atoms with van der Waals surface area (Å²) in [6, 6.07) is 1.48. The summed E-state index contributed by atoms with van der Waals surface area (Å²) in [5, 5.41) is 0.102. The summed E-state index contributed by atoms with van der Waals surface area (Å²) in [5.74, 6) is -1.26. The van der Waals surface area contributed by atoms with Gasteiger partial charge in [-0.1, -0.05) is 18.5 Å². The molecule has 2 atom stereocenters. The molecule has 7 heteroatoms. The minimum Gasteiger partial charge on any atom is -0.496 e. The van der Waals surface area contributed by atoms with Crippen molar-refractivity contribution in [3.8, 4) is 17.2 Å². The van der Waals surface area contributed by atoms with Crippen LogP contribution in [0.15, 0.2) is 6.07 Å². The van der Waals surface area contributed by atoms with E-state index in [-0.39, 0.29) is 46.5 Å². The first-order valence-corrected chi connectivity index (χ1v) is 7.47. The van der Waals surface area contributed by atoms with Gasteiger partial charge in [-0.15, -0.1) is 0 Å². The zero-order valence-electron chi connectivity index (χ0n) is 12.9. The van der Waals surface area contributed by atoms with E-state index in [4.69, 9.17) is 25.8 Å². The van der Waals surface area contributed by atoms with E-state index >= 15 is 0 Å². The molecule has 0 unspecified atom stereocenters. The Morgan fingerprint density at radius 3 is 2.43 bits per heavy atom. The number of hydrogen-bond acceptors (Lipinski definition) is 6. The number of halogens is 1. The maximum atomic E-state index is 13.0. The van der Waals surface area contributed by atoms with E-state index in [1.54, 1.807) is 6.92 Å². The summed E-state index contributed by atoms with van der Waals surface area (Å²) >= 11 is 6.24. The molecular formula is C16H15ClO6. The molecule has 1 aromatic carbocycles. The van der Waals surface area contributed by atoms with Crippen molar-refractivity contribution in [3.63, 3.8) is 0 Å². The van der Waals surface area contributed by atoms with Gasteiger partial charge in [-0.3, -0.25) is 14.4 Å². The lowest BCUT2D eigenvalue weighted by Gasteiger charge is -2.34. The number of hydrogen-bond donors (Lipinski definition) is 0. The lowest BCUT2D eigenvalue weighted by Crippen LogP contribution is -2.57. The second-order valence-corrected chi connectivity index (χ2v) is 6.09. The first-order chi connectivity index (χ1) is 10.9. The summed E-state index contributed by atoms with van der Waals surface area (Å²) in [5.41, 5.74) is -1.59. The highest BCUT2D eigenvalue weighted by atomic mass is 35.5. The zero-order valence-corrected chi connectivity index (χ0v) is 13.7. The number of carbonyl (C=O) groups is 3. The molecule has 1 spiro atoms. The summed E-state index contributed by atoms with van der Waals surface area (Å²) in [6.45, 7) is 1.65. The third kappa shape index (κ3) is 1.97. The Hall–Kier alpha value is -2.08. The summed E-state index contributed by atoms with van der Waals surface area (Å²) in [7, 11) is 2.82. The molecule has 23 heavy (non-hydrogen) atoms. The molecule has 3 rings (SSSR count). The predicted octanol–water partition coefficient (Wildman–Crippen LogP) is 2.24. The molecule has 0 saturated heterocycles. The van der Waals surface area contributed by atoms with Crippen LogP contribution in [-0.4, -0.2) is 37.2 Å². The fraction of sp³-hybridized carbons (Fsp3) is 0.438. The van der Waals surface area contributed by atoms with Crippen LogP contribution >= 0.6 is 11.6 Å². The van der Waals surface area contributed by atoms with Gasteiger partial charge in [0.05, 0.1) is 20.6 Å². The molecule has 1 aliphatic carbocycles. The van der Waals surface area contributed by atoms with Gasteiger partial charge in [0.2, 0.25) is 11.4 Å². The normalized spacial score (nSPS) is 26.3. The molecule has 1 fully saturated rings. The number of carbonyl (C=O) groups excluding carboxylic acids is 3. The van der Waals surface area contributed by atoms with Gasteiger partial charge in [0.1, 0.15) is 27.9 Å². The summed E-state index contributed by atoms with van der Waals surface area (Å²) in [4.78, 5) is 37.1. The molecule has 1 saturated carbocycles. The van der Waals surface area contributed by atoms with Gasteiger partial charge in [-0.25, -0.2) is 0 Å². The van der Waals surface area contributed by atoms with Crippen molar-refractivity contribution in [1.29, 1.82) is 0 Å². The minimum absolute atomic E-state index is 0.0717. The number of ketones is 3. The van der Waals surface area contributed by atoms with Crippen LogP contribution in [0.1, 0.15) is 30.1 Å². The van der Waals surface area contributed by atoms with Gasteiger partial charge in [0.25, 0.3) is 0 Å². The fourth-order valence-corrected chi connectivity index (χ4v) is 3.52. The predicted molar refractivity (Wildman–Crippen MR) is 80.7 cm³/mol. The Balaban J connectivity index is 2.21. The number of methoxy groups -OCH3 is 2. The molecule has 0 bridgehead atoms. The largest absolute Gasteiger partial charge is 0.496 e. The van der Waals surface area contributed by atoms with Gasteiger partial charge >= 0.3 is 0 Å². The molecule has 1 aliphatic heterocycles. The minimum atomic E-state index is -1.71. The van der Waals surface area contributed by atoms with Crippen molar-refractivity contribution in [2.45, 2.75) is 25.4 Å². The quantitative estimate of drug-likeness (QED) is 0.769. The van der Waals surface area contributed by atoms with Gasteiger partial charge < -0.3 is 14.2 Å². The third-order valence-electron chi connectivity index (χ3n) is 4.42. The van der Waals surface area contributed by atoms with Gasteiger partial charge in [0, 0.05) is 18.4 Å². The van der Waals surface area contributed by atoms with Crippen molar-refractivity contribution in [2.75, 3.05) is 14.2 Å². The van der Waals surface area contributed by atoms with Crippen LogP contribution < -0.4 is 14.2 Å². The molecule has 6 nitrogen and oxygen atoms in total. The SMILES string of the molecule is COc1cc(OC)c2c(c1Cl)O[C@]1(C(=O)CC(=O)C[C@H]1C)C2=O. The Labute approximate surface area is 137 Å². The Bertz CT molecular complexity index is 741. The Kier molecular flexibility index (Phi) is 3.59. The standard InChI is InChI=1S/C16H15ClO6/c1-7-4-8(18)5-11(19)16(7)15(20)12-9(21-2)6-10(22-3)13(17)14(12)23-16/h6-7H,4-5H2,1-3H3/t7-,16-/m1/s1. The van der Waals surface area contributed by atoms with Crippen molar-refractivity contribution in [2.24, 2.45) is 5.92 Å². The first-order valence-electron chi connectivity index (χ1n) is 7.10. The van der Waals surface area contributed by atoms with Crippen LogP contribution in [0.5, 0.6) is 17.2 Å². The molecule has 0 radical (unpaired) electrons. The van der Waals surface area contributed by atoms with Gasteiger partial charge in [-0.05, 0) is 0 Å². The summed E-state index contributed by atoms with van der Waals surface area (Å²) in [6.07, 6.45) is -0.219. The maximum absolute atomic E-state index is 13.0. The monoisotopic (exact) mass is 338 g/mol. The highest BCUT2D eigenvalue weighted by Gasteiger charge is 2.61. The lowest BCUT2D eigenvalue weighted by atomic mass is 9.72. The summed E-state index contributed by atoms with van der Waals surface area (Å²) < 4.78 is 16.2. The number of fused-ring (bicyclic) bond motifs is 1. The topological polar surface area (TPSA) is 78.9 Å². The van der Waals surface area contributed by atoms with E-state index in [1.807, 2.05) is 0 Å². The number of rotatable bonds is 2. The Morgan fingerprint density at radius 1 is 1.22 bits per heavy atom. The molecule has 0 aromatic heterocycles. The molecule has 2 aliphatic rings. The Morgan fingerprint density at radius 2 is 1.87 bits per heavy atom. The highest BCUT2D eigenvalue weighted by molar-refractivity contribution is 6.36. The average Bonchev–Trinajstić information content (AvgIpc) is 2.82. The second-order valence-electron chi connectivity index (χ2n) is 5.71. The molecule has 0 amide bonds. The van der Waals surface area contributed by atoms with Gasteiger partial charge in [0.15, 0.2) is 11.5 Å². The van der Waals surface area contributed by atoms with Crippen LogP contribution in [-0.2, 0) is 9.59 Å². The van der Waals surface area contributed by atoms with Crippen LogP contribution in [0.25, 0.3) is 0 Å². The molecule has 1 heterocycles. The van der Waals surface area contributed by atoms with Crippen LogP contribution in [0.4, 0.5) is 0 Å². The molecule has 1 aromatic rings. The number of benzene rings is 1. The smallest absolute Gasteiger partial charge is 0.232 e. The van der Waals surface area contributed by atoms with Crippen molar-refractivity contribution in [3.05, 3.63) is 16.7 Å². The molecule has 0 N–H and O–H groups in total.